The summed E-state index contributed by atoms with van der Waals surface area (Å²) in [4.78, 5) is 13.3. The third-order valence-electron chi connectivity index (χ3n) is 5.98. The highest BCUT2D eigenvalue weighted by Gasteiger charge is 2.45. The van der Waals surface area contributed by atoms with Crippen molar-refractivity contribution in [2.24, 2.45) is 0 Å². The molecule has 0 saturated carbocycles. The van der Waals surface area contributed by atoms with Gasteiger partial charge in [0.05, 0.1) is 5.41 Å². The minimum absolute atomic E-state index is 0.0781. The van der Waals surface area contributed by atoms with Gasteiger partial charge in [-0.05, 0) is 41.3 Å². The number of carbonyl (C=O) groups excluding carboxylic acids is 1. The number of nitrogen functional groups attached to an aromatic ring is 1. The quantitative estimate of drug-likeness (QED) is 0.414. The molecule has 0 atom stereocenters. The summed E-state index contributed by atoms with van der Waals surface area (Å²) in [6, 6.07) is 32.6. The number of hydrogen-bond donors (Lipinski definition) is 1. The SMILES string of the molecule is Cc1ccc(C2(c3ccc(N)cc3)c3ccccc3C(=O)c3ccccc32)cc1. The van der Waals surface area contributed by atoms with Crippen LogP contribution in [-0.2, 0) is 5.41 Å². The minimum Gasteiger partial charge on any atom is -0.399 e. The highest BCUT2D eigenvalue weighted by molar-refractivity contribution is 6.14. The summed E-state index contributed by atoms with van der Waals surface area (Å²) >= 11 is 0. The number of fused-ring (bicyclic) bond motifs is 2. The topological polar surface area (TPSA) is 43.1 Å². The first-order valence-corrected chi connectivity index (χ1v) is 9.79. The molecule has 4 aromatic rings. The van der Waals surface area contributed by atoms with E-state index in [0.717, 1.165) is 39.1 Å². The highest BCUT2D eigenvalue weighted by Crippen LogP contribution is 2.50. The van der Waals surface area contributed by atoms with Crippen molar-refractivity contribution in [3.8, 4) is 0 Å². The maximum absolute atomic E-state index is 13.3. The molecule has 0 radical (unpaired) electrons. The largest absolute Gasteiger partial charge is 0.399 e. The molecular weight excluding hydrogens is 354 g/mol. The van der Waals surface area contributed by atoms with Gasteiger partial charge in [0.25, 0.3) is 0 Å². The maximum Gasteiger partial charge on any atom is 0.193 e. The molecule has 0 aromatic heterocycles. The fourth-order valence-corrected chi connectivity index (χ4v) is 4.63. The number of rotatable bonds is 2. The zero-order chi connectivity index (χ0) is 20.0. The zero-order valence-corrected chi connectivity index (χ0v) is 16.2. The molecule has 1 aliphatic carbocycles. The molecule has 0 heterocycles. The van der Waals surface area contributed by atoms with E-state index in [1.54, 1.807) is 0 Å². The van der Waals surface area contributed by atoms with Gasteiger partial charge in [-0.1, -0.05) is 90.5 Å². The normalized spacial score (nSPS) is 14.2. The zero-order valence-electron chi connectivity index (χ0n) is 16.2. The first-order valence-electron chi connectivity index (χ1n) is 9.79. The van der Waals surface area contributed by atoms with Crippen LogP contribution in [0.3, 0.4) is 0 Å². The molecule has 0 aliphatic heterocycles. The van der Waals surface area contributed by atoms with Crippen LogP contribution in [-0.4, -0.2) is 5.78 Å². The lowest BCUT2D eigenvalue weighted by molar-refractivity contribution is 0.103. The van der Waals surface area contributed by atoms with Crippen molar-refractivity contribution in [2.75, 3.05) is 5.73 Å². The van der Waals surface area contributed by atoms with Crippen LogP contribution < -0.4 is 5.73 Å². The van der Waals surface area contributed by atoms with Gasteiger partial charge in [-0.2, -0.15) is 0 Å². The summed E-state index contributed by atoms with van der Waals surface area (Å²) in [7, 11) is 0. The van der Waals surface area contributed by atoms with Crippen LogP contribution in [0.4, 0.5) is 5.69 Å². The maximum atomic E-state index is 13.3. The predicted octanol–water partition coefficient (Wildman–Crippen LogP) is 5.50. The molecular formula is C27H21NO. The number of nitrogens with two attached hydrogens (primary N) is 1. The molecule has 0 spiro atoms. The third kappa shape index (κ3) is 2.46. The number of aryl methyl sites for hydroxylation is 1. The fourth-order valence-electron chi connectivity index (χ4n) is 4.63. The number of ketones is 1. The lowest BCUT2D eigenvalue weighted by Gasteiger charge is -2.41. The molecule has 140 valence electrons. The van der Waals surface area contributed by atoms with Gasteiger partial charge >= 0.3 is 0 Å². The second kappa shape index (κ2) is 6.46. The van der Waals surface area contributed by atoms with Crippen molar-refractivity contribution in [2.45, 2.75) is 12.3 Å². The molecule has 1 aliphatic rings. The van der Waals surface area contributed by atoms with E-state index in [4.69, 9.17) is 5.73 Å². The van der Waals surface area contributed by atoms with Gasteiger partial charge in [0.2, 0.25) is 0 Å². The lowest BCUT2D eigenvalue weighted by atomic mass is 9.59. The van der Waals surface area contributed by atoms with Crippen molar-refractivity contribution < 1.29 is 4.79 Å². The number of anilines is 1. The van der Waals surface area contributed by atoms with Gasteiger partial charge in [0.15, 0.2) is 5.78 Å². The van der Waals surface area contributed by atoms with E-state index >= 15 is 0 Å². The van der Waals surface area contributed by atoms with E-state index in [2.05, 4.69) is 55.5 Å². The van der Waals surface area contributed by atoms with Crippen molar-refractivity contribution in [3.63, 3.8) is 0 Å². The van der Waals surface area contributed by atoms with Crippen molar-refractivity contribution in [1.29, 1.82) is 0 Å². The number of carbonyl (C=O) groups is 1. The van der Waals surface area contributed by atoms with Gasteiger partial charge in [-0.3, -0.25) is 4.79 Å². The Morgan fingerprint density at radius 1 is 0.621 bits per heavy atom. The summed E-state index contributed by atoms with van der Waals surface area (Å²) in [6.45, 7) is 2.09. The van der Waals surface area contributed by atoms with E-state index in [-0.39, 0.29) is 5.78 Å². The summed E-state index contributed by atoms with van der Waals surface area (Å²) in [6.07, 6.45) is 0. The molecule has 29 heavy (non-hydrogen) atoms. The molecule has 2 N–H and O–H groups in total. The molecule has 0 amide bonds. The second-order valence-electron chi connectivity index (χ2n) is 7.66. The average Bonchev–Trinajstić information content (AvgIpc) is 2.76. The van der Waals surface area contributed by atoms with E-state index < -0.39 is 5.41 Å². The Morgan fingerprint density at radius 3 is 1.59 bits per heavy atom. The van der Waals surface area contributed by atoms with Crippen LogP contribution in [0.15, 0.2) is 97.1 Å². The van der Waals surface area contributed by atoms with Gasteiger partial charge in [0, 0.05) is 16.8 Å². The molecule has 2 heteroatoms. The first-order chi connectivity index (χ1) is 14.1. The Hall–Kier alpha value is -3.65. The van der Waals surface area contributed by atoms with Gasteiger partial charge in [-0.15, -0.1) is 0 Å². The van der Waals surface area contributed by atoms with Gasteiger partial charge in [0.1, 0.15) is 0 Å². The van der Waals surface area contributed by atoms with E-state index in [1.807, 2.05) is 48.5 Å². The second-order valence-corrected chi connectivity index (χ2v) is 7.66. The Balaban J connectivity index is 1.98. The van der Waals surface area contributed by atoms with Crippen LogP contribution >= 0.6 is 0 Å². The predicted molar refractivity (Wildman–Crippen MR) is 117 cm³/mol. The van der Waals surface area contributed by atoms with E-state index in [9.17, 15) is 4.79 Å². The molecule has 0 unspecified atom stereocenters. The Labute approximate surface area is 170 Å². The van der Waals surface area contributed by atoms with Gasteiger partial charge in [-0.25, -0.2) is 0 Å². The summed E-state index contributed by atoms with van der Waals surface area (Å²) < 4.78 is 0. The Kier molecular flexibility index (Phi) is 3.88. The summed E-state index contributed by atoms with van der Waals surface area (Å²) in [5.41, 5.74) is 13.1. The van der Waals surface area contributed by atoms with E-state index in [0.29, 0.717) is 0 Å². The fraction of sp³-hybridized carbons (Fsp3) is 0.0741. The molecule has 0 saturated heterocycles. The third-order valence-corrected chi connectivity index (χ3v) is 5.98. The number of hydrogen-bond acceptors (Lipinski definition) is 2. The first kappa shape index (κ1) is 17.4. The van der Waals surface area contributed by atoms with Crippen LogP contribution in [0.2, 0.25) is 0 Å². The van der Waals surface area contributed by atoms with Crippen LogP contribution in [0.5, 0.6) is 0 Å². The van der Waals surface area contributed by atoms with E-state index in [1.165, 1.54) is 5.56 Å². The standard InChI is InChI=1S/C27H21NO/c1-18-10-12-19(13-11-18)27(20-14-16-21(28)17-15-20)24-8-4-2-6-22(24)26(29)23-7-3-5-9-25(23)27/h2-17H,28H2,1H3. The smallest absolute Gasteiger partial charge is 0.193 e. The van der Waals surface area contributed by atoms with Crippen LogP contribution in [0, 0.1) is 6.92 Å². The van der Waals surface area contributed by atoms with Crippen molar-refractivity contribution >= 4 is 11.5 Å². The average molecular weight is 375 g/mol. The molecule has 2 nitrogen and oxygen atoms in total. The Bertz CT molecular complexity index is 1120. The molecule has 0 bridgehead atoms. The minimum atomic E-state index is -0.581. The Morgan fingerprint density at radius 2 is 1.07 bits per heavy atom. The van der Waals surface area contributed by atoms with Crippen LogP contribution in [0.1, 0.15) is 43.7 Å². The molecule has 0 fully saturated rings. The highest BCUT2D eigenvalue weighted by atomic mass is 16.1. The summed E-state index contributed by atoms with van der Waals surface area (Å²) in [5.74, 6) is 0.0781. The summed E-state index contributed by atoms with van der Waals surface area (Å²) in [5, 5.41) is 0. The van der Waals surface area contributed by atoms with Crippen LogP contribution in [0.25, 0.3) is 0 Å². The monoisotopic (exact) mass is 375 g/mol. The van der Waals surface area contributed by atoms with Crippen molar-refractivity contribution in [1.82, 2.24) is 0 Å². The molecule has 5 rings (SSSR count). The number of benzene rings is 4. The van der Waals surface area contributed by atoms with Crippen molar-refractivity contribution in [3.05, 3.63) is 136 Å². The molecule has 4 aromatic carbocycles. The lowest BCUT2D eigenvalue weighted by Crippen LogP contribution is -2.38. The van der Waals surface area contributed by atoms with Gasteiger partial charge < -0.3 is 5.73 Å².